The molecule has 4 rings (SSSR count). The van der Waals surface area contributed by atoms with Crippen molar-refractivity contribution in [2.45, 2.75) is 64.5 Å². The Balaban J connectivity index is 1.59. The molecule has 2 N–H and O–H groups in total. The van der Waals surface area contributed by atoms with Gasteiger partial charge in [0.05, 0.1) is 17.8 Å². The summed E-state index contributed by atoms with van der Waals surface area (Å²) in [5.74, 6) is 0.461. The lowest BCUT2D eigenvalue weighted by molar-refractivity contribution is -0.138. The molecule has 1 aromatic rings. The fraction of sp³-hybridized carbons (Fsp3) is 0.600. The lowest BCUT2D eigenvalue weighted by atomic mass is 9.73. The Morgan fingerprint density at radius 1 is 1.13 bits per heavy atom. The van der Waals surface area contributed by atoms with Crippen molar-refractivity contribution in [3.05, 3.63) is 53.6 Å². The van der Waals surface area contributed by atoms with Crippen LogP contribution in [0.25, 0.3) is 0 Å². The van der Waals surface area contributed by atoms with Crippen LogP contribution in [0.4, 0.5) is 18.9 Å². The lowest BCUT2D eigenvalue weighted by Crippen LogP contribution is -2.48. The van der Waals surface area contributed by atoms with Crippen LogP contribution in [0.1, 0.15) is 57.3 Å². The summed E-state index contributed by atoms with van der Waals surface area (Å²) in [6.07, 6.45) is 6.60. The summed E-state index contributed by atoms with van der Waals surface area (Å²) in [6.45, 7) is 8.13. The van der Waals surface area contributed by atoms with Crippen LogP contribution in [0.5, 0.6) is 0 Å². The quantitative estimate of drug-likeness (QED) is 0.600. The number of nitrogens with one attached hydrogen (secondary N) is 2. The Hall–Kier alpha value is -1.79. The largest absolute Gasteiger partial charge is 0.416 e. The first-order valence-electron chi connectivity index (χ1n) is 11.3. The second-order valence-electron chi connectivity index (χ2n) is 10.3. The molecule has 0 amide bonds. The highest BCUT2D eigenvalue weighted by Crippen LogP contribution is 2.49. The standard InChI is InChI=1S/C25H33F3N2O/c1-24(2,3)15-29-14-18-10-11-19-22(16-7-5-4-6-8-16)30-21-12-9-17(25(26,27)28)13-20(21)23(19)31-18/h4-7,9,12-13,16,18-19,22-23,29-30H,8,10-11,14-15H2,1-3H3/t16?,18-,19+,22+,23+/m1/s1. The van der Waals surface area contributed by atoms with E-state index in [2.05, 4.69) is 55.7 Å². The van der Waals surface area contributed by atoms with Crippen molar-refractivity contribution >= 4 is 5.69 Å². The minimum atomic E-state index is -4.36. The zero-order chi connectivity index (χ0) is 22.2. The number of rotatable bonds is 4. The Morgan fingerprint density at radius 3 is 2.61 bits per heavy atom. The topological polar surface area (TPSA) is 33.3 Å². The van der Waals surface area contributed by atoms with Crippen LogP contribution in [0.2, 0.25) is 0 Å². The Labute approximate surface area is 183 Å². The molecule has 1 aliphatic carbocycles. The van der Waals surface area contributed by atoms with Crippen LogP contribution in [-0.2, 0) is 10.9 Å². The van der Waals surface area contributed by atoms with Gasteiger partial charge in [0, 0.05) is 42.2 Å². The van der Waals surface area contributed by atoms with E-state index in [-0.39, 0.29) is 29.6 Å². The van der Waals surface area contributed by atoms with E-state index in [0.29, 0.717) is 11.5 Å². The summed E-state index contributed by atoms with van der Waals surface area (Å²) in [7, 11) is 0. The zero-order valence-corrected chi connectivity index (χ0v) is 18.5. The smallest absolute Gasteiger partial charge is 0.381 e. The van der Waals surface area contributed by atoms with Gasteiger partial charge in [0.15, 0.2) is 0 Å². The monoisotopic (exact) mass is 434 g/mol. The second-order valence-corrected chi connectivity index (χ2v) is 10.3. The molecular weight excluding hydrogens is 401 g/mol. The molecule has 5 atom stereocenters. The third-order valence-electron chi connectivity index (χ3n) is 6.52. The Kier molecular flexibility index (Phi) is 6.23. The van der Waals surface area contributed by atoms with Gasteiger partial charge < -0.3 is 15.4 Å². The molecule has 1 saturated heterocycles. The number of allylic oxidation sites excluding steroid dienone is 3. The third kappa shape index (κ3) is 5.17. The van der Waals surface area contributed by atoms with E-state index >= 15 is 0 Å². The first-order valence-corrected chi connectivity index (χ1v) is 11.3. The molecule has 3 nitrogen and oxygen atoms in total. The van der Waals surface area contributed by atoms with Crippen molar-refractivity contribution in [2.24, 2.45) is 17.3 Å². The molecule has 2 heterocycles. The Morgan fingerprint density at radius 2 is 1.94 bits per heavy atom. The molecule has 1 fully saturated rings. The van der Waals surface area contributed by atoms with Gasteiger partial charge in [0.1, 0.15) is 0 Å². The highest BCUT2D eigenvalue weighted by molar-refractivity contribution is 5.58. The fourth-order valence-corrected chi connectivity index (χ4v) is 5.02. The van der Waals surface area contributed by atoms with Gasteiger partial charge in [0.2, 0.25) is 0 Å². The average molecular weight is 435 g/mol. The molecule has 0 saturated carbocycles. The van der Waals surface area contributed by atoms with Gasteiger partial charge in [-0.25, -0.2) is 0 Å². The van der Waals surface area contributed by atoms with Crippen LogP contribution in [0.15, 0.2) is 42.5 Å². The number of anilines is 1. The molecule has 170 valence electrons. The number of alkyl halides is 3. The summed E-state index contributed by atoms with van der Waals surface area (Å²) in [4.78, 5) is 0. The molecule has 0 spiro atoms. The molecule has 6 heteroatoms. The van der Waals surface area contributed by atoms with Crippen molar-refractivity contribution in [3.8, 4) is 0 Å². The SMILES string of the molecule is CC(C)(C)CNC[C@H]1CC[C@@H]2[C@H](O1)c1cc(C(F)(F)F)ccc1N[C@H]2C1C=CC=CC1. The summed E-state index contributed by atoms with van der Waals surface area (Å²) in [5.41, 5.74) is 0.978. The lowest BCUT2D eigenvalue weighted by Gasteiger charge is -2.48. The van der Waals surface area contributed by atoms with Crippen molar-refractivity contribution in [1.82, 2.24) is 5.32 Å². The molecule has 1 aromatic carbocycles. The van der Waals surface area contributed by atoms with E-state index < -0.39 is 11.7 Å². The van der Waals surface area contributed by atoms with Crippen molar-refractivity contribution < 1.29 is 17.9 Å². The first-order chi connectivity index (χ1) is 14.6. The molecule has 0 bridgehead atoms. The maximum absolute atomic E-state index is 13.4. The summed E-state index contributed by atoms with van der Waals surface area (Å²) in [6, 6.07) is 4.19. The van der Waals surface area contributed by atoms with E-state index in [4.69, 9.17) is 4.74 Å². The minimum Gasteiger partial charge on any atom is -0.381 e. The number of ether oxygens (including phenoxy) is 1. The van der Waals surface area contributed by atoms with Gasteiger partial charge in [0.25, 0.3) is 0 Å². The van der Waals surface area contributed by atoms with Crippen LogP contribution in [0.3, 0.4) is 0 Å². The van der Waals surface area contributed by atoms with Gasteiger partial charge in [-0.05, 0) is 42.9 Å². The van der Waals surface area contributed by atoms with Crippen LogP contribution < -0.4 is 10.6 Å². The molecule has 0 radical (unpaired) electrons. The maximum atomic E-state index is 13.4. The van der Waals surface area contributed by atoms with E-state index in [1.165, 1.54) is 12.1 Å². The van der Waals surface area contributed by atoms with Crippen molar-refractivity contribution in [3.63, 3.8) is 0 Å². The molecule has 3 aliphatic rings. The second kappa shape index (κ2) is 8.62. The molecule has 0 aromatic heterocycles. The number of hydrogen-bond acceptors (Lipinski definition) is 3. The summed E-state index contributed by atoms with van der Waals surface area (Å²) < 4.78 is 46.8. The van der Waals surface area contributed by atoms with Gasteiger partial charge in [-0.3, -0.25) is 0 Å². The average Bonchev–Trinajstić information content (AvgIpc) is 2.72. The summed E-state index contributed by atoms with van der Waals surface area (Å²) in [5, 5.41) is 7.06. The normalized spacial score (nSPS) is 30.5. The van der Waals surface area contributed by atoms with Crippen molar-refractivity contribution in [1.29, 1.82) is 0 Å². The van der Waals surface area contributed by atoms with E-state index in [1.54, 1.807) is 6.07 Å². The van der Waals surface area contributed by atoms with E-state index in [0.717, 1.165) is 38.0 Å². The number of fused-ring (bicyclic) bond motifs is 3. The van der Waals surface area contributed by atoms with Crippen LogP contribution in [-0.4, -0.2) is 25.2 Å². The van der Waals surface area contributed by atoms with Gasteiger partial charge >= 0.3 is 6.18 Å². The molecule has 2 aliphatic heterocycles. The predicted octanol–water partition coefficient (Wildman–Crippen LogP) is 6.10. The fourth-order valence-electron chi connectivity index (χ4n) is 5.02. The summed E-state index contributed by atoms with van der Waals surface area (Å²) >= 11 is 0. The van der Waals surface area contributed by atoms with E-state index in [1.807, 2.05) is 0 Å². The number of benzene rings is 1. The molecule has 31 heavy (non-hydrogen) atoms. The third-order valence-corrected chi connectivity index (χ3v) is 6.52. The first kappa shape index (κ1) is 22.4. The highest BCUT2D eigenvalue weighted by atomic mass is 19.4. The zero-order valence-electron chi connectivity index (χ0n) is 18.5. The molecule has 1 unspecified atom stereocenters. The highest BCUT2D eigenvalue weighted by Gasteiger charge is 2.44. The number of halogens is 3. The number of hydrogen-bond donors (Lipinski definition) is 2. The van der Waals surface area contributed by atoms with Gasteiger partial charge in [-0.2, -0.15) is 13.2 Å². The van der Waals surface area contributed by atoms with Crippen LogP contribution in [0, 0.1) is 17.3 Å². The minimum absolute atomic E-state index is 0.00605. The van der Waals surface area contributed by atoms with Crippen molar-refractivity contribution in [2.75, 3.05) is 18.4 Å². The van der Waals surface area contributed by atoms with Crippen LogP contribution >= 0.6 is 0 Å². The van der Waals surface area contributed by atoms with E-state index in [9.17, 15) is 13.2 Å². The molecular formula is C25H33F3N2O. The van der Waals surface area contributed by atoms with Gasteiger partial charge in [-0.15, -0.1) is 0 Å². The Bertz CT molecular complexity index is 840. The van der Waals surface area contributed by atoms with Gasteiger partial charge in [-0.1, -0.05) is 45.1 Å². The predicted molar refractivity (Wildman–Crippen MR) is 118 cm³/mol. The maximum Gasteiger partial charge on any atom is 0.416 e.